The van der Waals surface area contributed by atoms with E-state index in [1.54, 1.807) is 14.2 Å². The molecule has 0 bridgehead atoms. The minimum Gasteiger partial charge on any atom is -0.493 e. The number of carbonyl (C=O) groups excluding carboxylic acids is 1. The summed E-state index contributed by atoms with van der Waals surface area (Å²) in [7, 11) is 3.23. The maximum Gasteiger partial charge on any atom is 0.172 e. The third-order valence-corrected chi connectivity index (χ3v) is 8.82. The summed E-state index contributed by atoms with van der Waals surface area (Å²) in [6.07, 6.45) is 4.62. The summed E-state index contributed by atoms with van der Waals surface area (Å²) in [5.41, 5.74) is 2.23. The van der Waals surface area contributed by atoms with Crippen molar-refractivity contribution in [2.45, 2.75) is 51.2 Å². The van der Waals surface area contributed by atoms with Crippen LogP contribution in [-0.2, 0) is 13.0 Å². The predicted octanol–water partition coefficient (Wildman–Crippen LogP) is 4.09. The van der Waals surface area contributed by atoms with E-state index < -0.39 is 11.5 Å². The Hall–Kier alpha value is -2.41. The summed E-state index contributed by atoms with van der Waals surface area (Å²) in [6, 6.07) is 14.3. The second-order valence-electron chi connectivity index (χ2n) is 11.0. The first-order valence-electron chi connectivity index (χ1n) is 13.5. The molecule has 0 saturated carbocycles. The molecule has 0 amide bonds. The van der Waals surface area contributed by atoms with Crippen LogP contribution in [0.4, 0.5) is 0 Å². The molecule has 5 rings (SSSR count). The molecule has 2 atom stereocenters. The van der Waals surface area contributed by atoms with Crippen molar-refractivity contribution < 1.29 is 19.4 Å². The average molecular weight is 493 g/mol. The number of likely N-dealkylation sites (tertiary alicyclic amines) is 1. The third kappa shape index (κ3) is 4.91. The minimum absolute atomic E-state index is 0.0937. The van der Waals surface area contributed by atoms with Crippen LogP contribution in [0.3, 0.4) is 0 Å². The summed E-state index contributed by atoms with van der Waals surface area (Å²) >= 11 is 0. The van der Waals surface area contributed by atoms with Crippen LogP contribution in [0.25, 0.3) is 0 Å². The smallest absolute Gasteiger partial charge is 0.172 e. The Kier molecular flexibility index (Phi) is 7.65. The number of methoxy groups -OCH3 is 2. The normalized spacial score (nSPS) is 24.5. The molecule has 2 fully saturated rings. The molecule has 6 nitrogen and oxygen atoms in total. The number of ether oxygens (including phenoxy) is 2. The molecule has 2 heterocycles. The summed E-state index contributed by atoms with van der Waals surface area (Å²) in [5, 5.41) is 15.5. The van der Waals surface area contributed by atoms with Crippen molar-refractivity contribution in [3.63, 3.8) is 0 Å². The number of nitrogens with zero attached hydrogens (tertiary/aromatic N) is 1. The number of aliphatic hydroxyl groups is 1. The van der Waals surface area contributed by atoms with E-state index in [9.17, 15) is 9.90 Å². The molecule has 36 heavy (non-hydrogen) atoms. The fraction of sp³-hybridized carbons (Fsp3) is 0.567. The van der Waals surface area contributed by atoms with Gasteiger partial charge in [-0.05, 0) is 99.8 Å². The number of benzene rings is 2. The van der Waals surface area contributed by atoms with E-state index in [1.807, 2.05) is 12.1 Å². The fourth-order valence-electron chi connectivity index (χ4n) is 6.81. The van der Waals surface area contributed by atoms with Crippen LogP contribution in [0.1, 0.15) is 53.6 Å². The van der Waals surface area contributed by atoms with E-state index in [0.717, 1.165) is 70.4 Å². The van der Waals surface area contributed by atoms with Crippen molar-refractivity contribution in [3.05, 3.63) is 59.2 Å². The van der Waals surface area contributed by atoms with Crippen LogP contribution in [0.5, 0.6) is 11.5 Å². The highest BCUT2D eigenvalue weighted by Crippen LogP contribution is 2.50. The Balaban J connectivity index is 1.37. The van der Waals surface area contributed by atoms with Gasteiger partial charge >= 0.3 is 0 Å². The zero-order valence-corrected chi connectivity index (χ0v) is 21.7. The van der Waals surface area contributed by atoms with Crippen molar-refractivity contribution in [2.75, 3.05) is 40.4 Å². The SMILES string of the molecule is COc1cc2c(cc1OC)C(=O)[C@@](CC1CCNCC1)([C@H](O)C1CCN(Cc3ccccc3)CC1)C2. The van der Waals surface area contributed by atoms with Gasteiger partial charge in [0.1, 0.15) is 0 Å². The van der Waals surface area contributed by atoms with Gasteiger partial charge in [0.15, 0.2) is 17.3 Å². The Bertz CT molecular complexity index is 1040. The van der Waals surface area contributed by atoms with Crippen LogP contribution in [0.2, 0.25) is 0 Å². The summed E-state index contributed by atoms with van der Waals surface area (Å²) < 4.78 is 11.1. The lowest BCUT2D eigenvalue weighted by Gasteiger charge is -2.43. The molecule has 0 radical (unpaired) electrons. The number of ketones is 1. The van der Waals surface area contributed by atoms with E-state index in [0.29, 0.717) is 29.4 Å². The third-order valence-electron chi connectivity index (χ3n) is 8.82. The van der Waals surface area contributed by atoms with Crippen molar-refractivity contribution in [1.82, 2.24) is 10.2 Å². The Morgan fingerprint density at radius 3 is 2.36 bits per heavy atom. The van der Waals surface area contributed by atoms with Gasteiger partial charge in [0, 0.05) is 12.1 Å². The Morgan fingerprint density at radius 2 is 1.69 bits per heavy atom. The highest BCUT2D eigenvalue weighted by molar-refractivity contribution is 6.06. The van der Waals surface area contributed by atoms with Gasteiger partial charge in [-0.1, -0.05) is 30.3 Å². The standard InChI is InChI=1S/C30H40N2O4/c1-35-26-16-24-19-30(18-21-8-12-31-13-9-21,29(34)25(24)17-27(26)36-2)28(33)23-10-14-32(15-11-23)20-22-6-4-3-5-7-22/h3-7,16-17,21,23,28,31,33H,8-15,18-20H2,1-2H3/t28-,30-/m1/s1. The number of nitrogens with one attached hydrogen (secondary N) is 1. The van der Waals surface area contributed by atoms with Crippen molar-refractivity contribution in [3.8, 4) is 11.5 Å². The summed E-state index contributed by atoms with van der Waals surface area (Å²) in [4.78, 5) is 16.6. The number of rotatable bonds is 8. The van der Waals surface area contributed by atoms with Gasteiger partial charge in [-0.25, -0.2) is 0 Å². The van der Waals surface area contributed by atoms with Gasteiger partial charge < -0.3 is 19.9 Å². The molecule has 0 unspecified atom stereocenters. The van der Waals surface area contributed by atoms with Crippen molar-refractivity contribution in [2.24, 2.45) is 17.3 Å². The van der Waals surface area contributed by atoms with Gasteiger partial charge in [0.05, 0.1) is 25.7 Å². The largest absolute Gasteiger partial charge is 0.493 e. The van der Waals surface area contributed by atoms with E-state index >= 15 is 0 Å². The highest BCUT2D eigenvalue weighted by atomic mass is 16.5. The van der Waals surface area contributed by atoms with E-state index in [-0.39, 0.29) is 11.7 Å². The second-order valence-corrected chi connectivity index (χ2v) is 11.0. The highest BCUT2D eigenvalue weighted by Gasteiger charge is 2.54. The number of carbonyl (C=O) groups is 1. The first-order valence-corrected chi connectivity index (χ1v) is 13.5. The van der Waals surface area contributed by atoms with E-state index in [2.05, 4.69) is 40.5 Å². The fourth-order valence-corrected chi connectivity index (χ4v) is 6.81. The number of aliphatic hydroxyl groups excluding tert-OH is 1. The average Bonchev–Trinajstić information content (AvgIpc) is 3.20. The van der Waals surface area contributed by atoms with Gasteiger partial charge in [0.25, 0.3) is 0 Å². The molecule has 194 valence electrons. The number of hydrogen-bond donors (Lipinski definition) is 2. The van der Waals surface area contributed by atoms with Crippen LogP contribution >= 0.6 is 0 Å². The summed E-state index contributed by atoms with van der Waals surface area (Å²) in [6.45, 7) is 4.80. The molecule has 2 aliphatic heterocycles. The van der Waals surface area contributed by atoms with Crippen molar-refractivity contribution in [1.29, 1.82) is 0 Å². The first-order chi connectivity index (χ1) is 17.5. The Labute approximate surface area is 215 Å². The second kappa shape index (κ2) is 10.9. The lowest BCUT2D eigenvalue weighted by Crippen LogP contribution is -2.49. The van der Waals surface area contributed by atoms with Gasteiger partial charge in [0.2, 0.25) is 0 Å². The molecule has 1 aliphatic carbocycles. The molecule has 2 aromatic rings. The molecule has 0 spiro atoms. The quantitative estimate of drug-likeness (QED) is 0.578. The zero-order valence-electron chi connectivity index (χ0n) is 21.7. The molecule has 2 N–H and O–H groups in total. The van der Waals surface area contributed by atoms with E-state index in [4.69, 9.17) is 9.47 Å². The number of fused-ring (bicyclic) bond motifs is 1. The molecule has 2 aromatic carbocycles. The maximum atomic E-state index is 14.2. The molecule has 3 aliphatic rings. The number of piperidine rings is 2. The lowest BCUT2D eigenvalue weighted by molar-refractivity contribution is -0.0352. The molecule has 6 heteroatoms. The molecular weight excluding hydrogens is 452 g/mol. The van der Waals surface area contributed by atoms with Gasteiger partial charge in [-0.15, -0.1) is 0 Å². The predicted molar refractivity (Wildman–Crippen MR) is 141 cm³/mol. The minimum atomic E-state index is -0.770. The maximum absolute atomic E-state index is 14.2. The van der Waals surface area contributed by atoms with Crippen LogP contribution in [-0.4, -0.2) is 62.3 Å². The van der Waals surface area contributed by atoms with Gasteiger partial charge in [-0.2, -0.15) is 0 Å². The first kappa shape index (κ1) is 25.2. The van der Waals surface area contributed by atoms with Crippen LogP contribution in [0, 0.1) is 17.3 Å². The topological polar surface area (TPSA) is 71.0 Å². The summed E-state index contributed by atoms with van der Waals surface area (Å²) in [5.74, 6) is 1.88. The Morgan fingerprint density at radius 1 is 1.03 bits per heavy atom. The van der Waals surface area contributed by atoms with Gasteiger partial charge in [-0.3, -0.25) is 9.69 Å². The van der Waals surface area contributed by atoms with Crippen LogP contribution < -0.4 is 14.8 Å². The molecule has 0 aromatic heterocycles. The number of hydrogen-bond acceptors (Lipinski definition) is 6. The monoisotopic (exact) mass is 492 g/mol. The molecule has 2 saturated heterocycles. The molecular formula is C30H40N2O4. The lowest BCUT2D eigenvalue weighted by atomic mass is 9.65. The number of Topliss-reactive ketones (excluding diaryl/α,β-unsaturated/α-hetero) is 1. The zero-order chi connectivity index (χ0) is 25.1. The van der Waals surface area contributed by atoms with E-state index in [1.165, 1.54) is 5.56 Å². The van der Waals surface area contributed by atoms with Crippen LogP contribution in [0.15, 0.2) is 42.5 Å². The van der Waals surface area contributed by atoms with Crippen molar-refractivity contribution >= 4 is 5.78 Å².